The van der Waals surface area contributed by atoms with Gasteiger partial charge in [0.2, 0.25) is 5.91 Å². The molecule has 11 heteroatoms. The second-order valence-corrected chi connectivity index (χ2v) is 7.95. The number of fused-ring (bicyclic) bond motifs is 1. The smallest absolute Gasteiger partial charge is 0.411 e. The number of Topliss-reactive ketones (excluding diaryl/α,β-unsaturated/α-hetero) is 2. The molecule has 0 fully saturated rings. The number of amides is 2. The monoisotopic (exact) mass is 472 g/mol. The van der Waals surface area contributed by atoms with Crippen LogP contribution in [0.25, 0.3) is 0 Å². The average Bonchev–Trinajstić information content (AvgIpc) is 2.70. The summed E-state index contributed by atoms with van der Waals surface area (Å²) in [5.41, 5.74) is 5.91. The van der Waals surface area contributed by atoms with Crippen LogP contribution in [0.5, 0.6) is 5.75 Å². The molecule has 188 valence electrons. The molecule has 1 aromatic carbocycles. The van der Waals surface area contributed by atoms with E-state index in [-0.39, 0.29) is 63.1 Å². The van der Waals surface area contributed by atoms with Crippen molar-refractivity contribution >= 4 is 29.3 Å². The number of phenolic OH excluding ortho intramolecular Hbond substituents is 1. The van der Waals surface area contributed by atoms with Crippen LogP contribution < -0.4 is 11.1 Å². The fourth-order valence-corrected chi connectivity index (χ4v) is 4.30. The van der Waals surface area contributed by atoms with Crippen molar-refractivity contribution in [2.45, 2.75) is 39.0 Å². The fourth-order valence-electron chi connectivity index (χ4n) is 4.30. The van der Waals surface area contributed by atoms with Crippen molar-refractivity contribution in [2.24, 2.45) is 23.5 Å². The number of carbonyl (C=O) groups excluding carboxylic acids is 4. The maximum Gasteiger partial charge on any atom is 0.411 e. The highest BCUT2D eigenvalue weighted by atomic mass is 16.5. The molecular weight excluding hydrogens is 436 g/mol. The lowest BCUT2D eigenvalue weighted by atomic mass is 9.73. The van der Waals surface area contributed by atoms with Gasteiger partial charge in [0.05, 0.1) is 30.9 Å². The molecule has 1 aliphatic rings. The molecule has 11 nitrogen and oxygen atoms in total. The molecule has 3 atom stereocenters. The third-order valence-electron chi connectivity index (χ3n) is 5.70. The summed E-state index contributed by atoms with van der Waals surface area (Å²) < 4.78 is 4.79. The van der Waals surface area contributed by atoms with Gasteiger partial charge in [-0.15, -0.1) is 0 Å². The minimum absolute atomic E-state index is 0. The number of benzene rings is 1. The van der Waals surface area contributed by atoms with Gasteiger partial charge in [0, 0.05) is 21.8 Å². The summed E-state index contributed by atoms with van der Waals surface area (Å²) in [5.74, 6) is -3.41. The Labute approximate surface area is 194 Å². The summed E-state index contributed by atoms with van der Waals surface area (Å²) in [7, 11) is 0. The molecule has 0 radical (unpaired) electrons. The molecule has 0 bridgehead atoms. The lowest BCUT2D eigenvalue weighted by Gasteiger charge is -2.31. The van der Waals surface area contributed by atoms with E-state index in [1.54, 1.807) is 13.0 Å². The van der Waals surface area contributed by atoms with E-state index in [0.29, 0.717) is 18.4 Å². The van der Waals surface area contributed by atoms with Crippen LogP contribution in [-0.2, 0) is 20.7 Å². The number of ketones is 2. The van der Waals surface area contributed by atoms with Gasteiger partial charge >= 0.3 is 6.09 Å². The van der Waals surface area contributed by atoms with E-state index >= 15 is 0 Å². The van der Waals surface area contributed by atoms with Crippen LogP contribution in [0.2, 0.25) is 0 Å². The van der Waals surface area contributed by atoms with Crippen molar-refractivity contribution in [3.8, 4) is 5.75 Å². The summed E-state index contributed by atoms with van der Waals surface area (Å²) >= 11 is 0. The number of anilines is 1. The molecule has 2 amide bonds. The SMILES string of the molecule is CCOC(=O)Nc1ccc2c(c1O)C(=O)CC(CC(CCO)C(CO)C(=O)CC(N)=O)C2.O.[HH].[HH]. The Hall–Kier alpha value is -3.02. The number of aliphatic hydroxyl groups excluding tert-OH is 2. The number of nitrogens with one attached hydrogen (secondary N) is 1. The van der Waals surface area contributed by atoms with E-state index in [1.165, 1.54) is 6.07 Å². The van der Waals surface area contributed by atoms with Crippen molar-refractivity contribution in [1.82, 2.24) is 0 Å². The minimum Gasteiger partial charge on any atom is -0.505 e. The molecule has 0 spiro atoms. The Balaban J connectivity index is 0. The Kier molecular flexibility index (Phi) is 10.9. The van der Waals surface area contributed by atoms with Gasteiger partial charge in [-0.25, -0.2) is 4.79 Å². The molecule has 8 N–H and O–H groups in total. The van der Waals surface area contributed by atoms with Crippen molar-refractivity contribution in [1.29, 1.82) is 0 Å². The number of primary amides is 1. The first-order valence-electron chi connectivity index (χ1n) is 10.6. The van der Waals surface area contributed by atoms with Gasteiger partial charge in [-0.05, 0) is 49.7 Å². The van der Waals surface area contributed by atoms with Crippen LogP contribution in [0.3, 0.4) is 0 Å². The third kappa shape index (κ3) is 7.24. The first-order valence-corrected chi connectivity index (χ1v) is 10.6. The normalized spacial score (nSPS) is 16.7. The van der Waals surface area contributed by atoms with Crippen LogP contribution in [-0.4, -0.2) is 64.2 Å². The molecule has 1 aliphatic carbocycles. The van der Waals surface area contributed by atoms with Crippen LogP contribution in [0.4, 0.5) is 10.5 Å². The molecule has 1 aromatic rings. The van der Waals surface area contributed by atoms with Gasteiger partial charge in [0.1, 0.15) is 11.5 Å². The Morgan fingerprint density at radius 2 is 1.97 bits per heavy atom. The lowest BCUT2D eigenvalue weighted by Crippen LogP contribution is -2.33. The number of hydrogen-bond donors (Lipinski definition) is 5. The zero-order chi connectivity index (χ0) is 23.8. The predicted octanol–water partition coefficient (Wildman–Crippen LogP) is 0.815. The quantitative estimate of drug-likeness (QED) is 0.229. The van der Waals surface area contributed by atoms with E-state index in [1.807, 2.05) is 0 Å². The molecule has 0 aromatic heterocycles. The number of aliphatic hydroxyl groups is 2. The Morgan fingerprint density at radius 1 is 1.27 bits per heavy atom. The highest BCUT2D eigenvalue weighted by Gasteiger charge is 2.34. The summed E-state index contributed by atoms with van der Waals surface area (Å²) in [4.78, 5) is 47.9. The van der Waals surface area contributed by atoms with E-state index in [9.17, 15) is 34.5 Å². The maximum absolute atomic E-state index is 12.8. The molecule has 3 unspecified atom stereocenters. The van der Waals surface area contributed by atoms with Gasteiger partial charge in [0.25, 0.3) is 0 Å². The van der Waals surface area contributed by atoms with Gasteiger partial charge in [0.15, 0.2) is 5.78 Å². The molecule has 0 saturated carbocycles. The lowest BCUT2D eigenvalue weighted by molar-refractivity contribution is -0.131. The molecule has 0 aliphatic heterocycles. The molecule has 2 rings (SSSR count). The number of hydrogen-bond acceptors (Lipinski definition) is 8. The standard InChI is InChI=1S/C22H30N2O8.H2O.2H2/c1-2-32-22(31)24-16-4-3-14-8-12(9-18(28)20(14)21(16)30)7-13(5-6-25)15(11-26)17(27)10-19(23)29;;;/h3-4,12-13,15,25-26,30H,2,5-11H2,1H3,(H2,23,29)(H,24,31);1H2;2*1H. The third-order valence-corrected chi connectivity index (χ3v) is 5.70. The summed E-state index contributed by atoms with van der Waals surface area (Å²) in [6, 6.07) is 3.13. The predicted molar refractivity (Wildman–Crippen MR) is 122 cm³/mol. The van der Waals surface area contributed by atoms with E-state index in [2.05, 4.69) is 5.32 Å². The fraction of sp³-hybridized carbons (Fsp3) is 0.545. The Bertz CT molecular complexity index is 883. The van der Waals surface area contributed by atoms with Crippen molar-refractivity contribution in [3.63, 3.8) is 0 Å². The minimum atomic E-state index is -0.865. The maximum atomic E-state index is 12.8. The summed E-state index contributed by atoms with van der Waals surface area (Å²) in [5, 5.41) is 32.1. The van der Waals surface area contributed by atoms with Gasteiger partial charge in [-0.2, -0.15) is 0 Å². The topological polar surface area (TPSA) is 208 Å². The number of phenols is 1. The second-order valence-electron chi connectivity index (χ2n) is 7.95. The summed E-state index contributed by atoms with van der Waals surface area (Å²) in [6.07, 6.45) is -0.131. The number of ether oxygens (including phenoxy) is 1. The zero-order valence-corrected chi connectivity index (χ0v) is 18.5. The van der Waals surface area contributed by atoms with E-state index < -0.39 is 42.6 Å². The number of nitrogens with two attached hydrogens (primary N) is 1. The Morgan fingerprint density at radius 3 is 2.55 bits per heavy atom. The second kappa shape index (κ2) is 12.9. The highest BCUT2D eigenvalue weighted by molar-refractivity contribution is 6.04. The molecule has 0 saturated heterocycles. The molecule has 0 heterocycles. The average molecular weight is 473 g/mol. The van der Waals surface area contributed by atoms with Crippen LogP contribution >= 0.6 is 0 Å². The largest absolute Gasteiger partial charge is 0.505 e. The number of carbonyl (C=O) groups is 4. The molecular formula is C22H36N2O9. The number of aromatic hydroxyl groups is 1. The highest BCUT2D eigenvalue weighted by Crippen LogP contribution is 2.39. The first-order chi connectivity index (χ1) is 15.2. The first kappa shape index (κ1) is 28.0. The van der Waals surface area contributed by atoms with Gasteiger partial charge in [-0.3, -0.25) is 19.7 Å². The van der Waals surface area contributed by atoms with Crippen LogP contribution in [0, 0.1) is 17.8 Å². The van der Waals surface area contributed by atoms with Gasteiger partial charge in [-0.1, -0.05) is 6.07 Å². The van der Waals surface area contributed by atoms with E-state index in [0.717, 1.165) is 0 Å². The van der Waals surface area contributed by atoms with Crippen LogP contribution in [0.15, 0.2) is 12.1 Å². The molecule has 33 heavy (non-hydrogen) atoms. The van der Waals surface area contributed by atoms with Crippen LogP contribution in [0.1, 0.15) is 51.4 Å². The number of rotatable bonds is 11. The summed E-state index contributed by atoms with van der Waals surface area (Å²) in [6.45, 7) is 1.09. The zero-order valence-electron chi connectivity index (χ0n) is 18.5. The van der Waals surface area contributed by atoms with Gasteiger partial charge < -0.3 is 31.3 Å². The van der Waals surface area contributed by atoms with Crippen molar-refractivity contribution < 1.29 is 47.6 Å². The van der Waals surface area contributed by atoms with Crippen molar-refractivity contribution in [3.05, 3.63) is 23.3 Å². The van der Waals surface area contributed by atoms with Crippen molar-refractivity contribution in [2.75, 3.05) is 25.1 Å². The van der Waals surface area contributed by atoms with E-state index in [4.69, 9.17) is 10.5 Å².